The van der Waals surface area contributed by atoms with Crippen LogP contribution in [-0.2, 0) is 0 Å². The van der Waals surface area contributed by atoms with Crippen LogP contribution in [0.1, 0.15) is 58.8 Å². The molecule has 2 rings (SSSR count). The molecule has 0 amide bonds. The van der Waals surface area contributed by atoms with E-state index in [0.717, 1.165) is 17.8 Å². The van der Waals surface area contributed by atoms with Gasteiger partial charge in [0.1, 0.15) is 0 Å². The largest absolute Gasteiger partial charge is 0.328 e. The van der Waals surface area contributed by atoms with Crippen molar-refractivity contribution in [3.63, 3.8) is 0 Å². The van der Waals surface area contributed by atoms with Crippen molar-refractivity contribution in [3.8, 4) is 0 Å². The zero-order valence-corrected chi connectivity index (χ0v) is 12.4. The van der Waals surface area contributed by atoms with Crippen molar-refractivity contribution in [2.45, 2.75) is 64.8 Å². The molecule has 1 aliphatic heterocycles. The van der Waals surface area contributed by atoms with Crippen molar-refractivity contribution >= 4 is 0 Å². The zero-order chi connectivity index (χ0) is 13.0. The van der Waals surface area contributed by atoms with Crippen LogP contribution in [0.25, 0.3) is 0 Å². The molecule has 1 saturated heterocycles. The molecular weight excluding hydrogens is 220 g/mol. The molecule has 3 unspecified atom stereocenters. The van der Waals surface area contributed by atoms with Crippen molar-refractivity contribution in [1.82, 2.24) is 4.90 Å². The van der Waals surface area contributed by atoms with E-state index in [-0.39, 0.29) is 0 Å². The summed E-state index contributed by atoms with van der Waals surface area (Å²) in [6.07, 6.45) is 9.55. The second-order valence-corrected chi connectivity index (χ2v) is 7.03. The first kappa shape index (κ1) is 14.3. The van der Waals surface area contributed by atoms with E-state index < -0.39 is 0 Å². The summed E-state index contributed by atoms with van der Waals surface area (Å²) in [6, 6.07) is 0.485. The number of rotatable bonds is 3. The molecule has 2 nitrogen and oxygen atoms in total. The predicted molar refractivity (Wildman–Crippen MR) is 78.6 cm³/mol. The van der Waals surface area contributed by atoms with E-state index in [1.165, 1.54) is 64.6 Å². The Morgan fingerprint density at radius 3 is 2.61 bits per heavy atom. The lowest BCUT2D eigenvalue weighted by molar-refractivity contribution is 0.194. The normalized spacial score (nSPS) is 35.7. The highest BCUT2D eigenvalue weighted by Gasteiger charge is 2.24. The standard InChI is InChI=1S/C16H32N2/c1-13(2)15-6-4-9-18(10-8-15)12-14-5-3-7-16(17)11-14/h13-16H,3-12,17H2,1-2H3. The fourth-order valence-electron chi connectivity index (χ4n) is 3.89. The molecule has 3 atom stereocenters. The van der Waals surface area contributed by atoms with Gasteiger partial charge in [0.15, 0.2) is 0 Å². The Morgan fingerprint density at radius 1 is 1.06 bits per heavy atom. The number of nitrogens with two attached hydrogens (primary N) is 1. The molecule has 0 spiro atoms. The molecule has 0 aromatic rings. The van der Waals surface area contributed by atoms with Crippen LogP contribution in [0.5, 0.6) is 0 Å². The maximum atomic E-state index is 6.10. The summed E-state index contributed by atoms with van der Waals surface area (Å²) in [4.78, 5) is 2.73. The summed E-state index contributed by atoms with van der Waals surface area (Å²) in [5.41, 5.74) is 6.10. The predicted octanol–water partition coefficient (Wildman–Crippen LogP) is 3.26. The van der Waals surface area contributed by atoms with Gasteiger partial charge in [-0.15, -0.1) is 0 Å². The van der Waals surface area contributed by atoms with Gasteiger partial charge in [0.25, 0.3) is 0 Å². The van der Waals surface area contributed by atoms with Crippen molar-refractivity contribution in [2.24, 2.45) is 23.5 Å². The van der Waals surface area contributed by atoms with Gasteiger partial charge in [-0.3, -0.25) is 0 Å². The topological polar surface area (TPSA) is 29.3 Å². The van der Waals surface area contributed by atoms with Gasteiger partial charge >= 0.3 is 0 Å². The third-order valence-electron chi connectivity index (χ3n) is 5.15. The van der Waals surface area contributed by atoms with Crippen molar-refractivity contribution in [1.29, 1.82) is 0 Å². The van der Waals surface area contributed by atoms with E-state index >= 15 is 0 Å². The minimum absolute atomic E-state index is 0.485. The average molecular weight is 252 g/mol. The first-order valence-corrected chi connectivity index (χ1v) is 8.13. The molecule has 0 aromatic heterocycles. The van der Waals surface area contributed by atoms with E-state index in [2.05, 4.69) is 18.7 Å². The van der Waals surface area contributed by atoms with Gasteiger partial charge in [0.2, 0.25) is 0 Å². The van der Waals surface area contributed by atoms with E-state index in [9.17, 15) is 0 Å². The van der Waals surface area contributed by atoms with Crippen LogP contribution < -0.4 is 5.73 Å². The molecular formula is C16H32N2. The fourth-order valence-corrected chi connectivity index (χ4v) is 3.89. The summed E-state index contributed by atoms with van der Waals surface area (Å²) >= 11 is 0. The molecule has 106 valence electrons. The Bertz CT molecular complexity index is 239. The van der Waals surface area contributed by atoms with Gasteiger partial charge < -0.3 is 10.6 Å². The molecule has 0 aromatic carbocycles. The van der Waals surface area contributed by atoms with Crippen LogP contribution in [0.3, 0.4) is 0 Å². The molecule has 1 aliphatic carbocycles. The van der Waals surface area contributed by atoms with E-state index in [0.29, 0.717) is 6.04 Å². The number of hydrogen-bond acceptors (Lipinski definition) is 2. The maximum absolute atomic E-state index is 6.10. The van der Waals surface area contributed by atoms with Crippen LogP contribution in [-0.4, -0.2) is 30.6 Å². The summed E-state index contributed by atoms with van der Waals surface area (Å²) in [7, 11) is 0. The molecule has 1 saturated carbocycles. The molecule has 2 N–H and O–H groups in total. The van der Waals surface area contributed by atoms with Crippen LogP contribution in [0.15, 0.2) is 0 Å². The summed E-state index contributed by atoms with van der Waals surface area (Å²) in [6.45, 7) is 8.75. The Kier molecular flexibility index (Phi) is 5.50. The molecule has 18 heavy (non-hydrogen) atoms. The highest BCUT2D eigenvalue weighted by atomic mass is 15.1. The fraction of sp³-hybridized carbons (Fsp3) is 1.00. The lowest BCUT2D eigenvalue weighted by Gasteiger charge is -2.31. The number of hydrogen-bond donors (Lipinski definition) is 1. The van der Waals surface area contributed by atoms with Gasteiger partial charge in [-0.2, -0.15) is 0 Å². The second kappa shape index (κ2) is 6.91. The summed E-state index contributed by atoms with van der Waals surface area (Å²) in [5, 5.41) is 0. The van der Waals surface area contributed by atoms with Gasteiger partial charge in [-0.25, -0.2) is 0 Å². The van der Waals surface area contributed by atoms with Gasteiger partial charge in [0.05, 0.1) is 0 Å². The minimum atomic E-state index is 0.485. The Balaban J connectivity index is 1.76. The Morgan fingerprint density at radius 2 is 1.89 bits per heavy atom. The second-order valence-electron chi connectivity index (χ2n) is 7.03. The third-order valence-corrected chi connectivity index (χ3v) is 5.15. The van der Waals surface area contributed by atoms with Crippen molar-refractivity contribution < 1.29 is 0 Å². The maximum Gasteiger partial charge on any atom is 0.00419 e. The van der Waals surface area contributed by atoms with Crippen LogP contribution in [0, 0.1) is 17.8 Å². The first-order chi connectivity index (χ1) is 8.65. The molecule has 2 aliphatic rings. The Hall–Kier alpha value is -0.0800. The van der Waals surface area contributed by atoms with Crippen LogP contribution >= 0.6 is 0 Å². The van der Waals surface area contributed by atoms with Crippen LogP contribution in [0.2, 0.25) is 0 Å². The van der Waals surface area contributed by atoms with Crippen molar-refractivity contribution in [3.05, 3.63) is 0 Å². The highest BCUT2D eigenvalue weighted by molar-refractivity contribution is 4.79. The number of likely N-dealkylation sites (tertiary alicyclic amines) is 1. The van der Waals surface area contributed by atoms with E-state index in [1.807, 2.05) is 0 Å². The van der Waals surface area contributed by atoms with E-state index in [1.54, 1.807) is 0 Å². The summed E-state index contributed by atoms with van der Waals surface area (Å²) < 4.78 is 0. The SMILES string of the molecule is CC(C)C1CCCN(CC2CCCC(N)C2)CC1. The molecule has 2 heteroatoms. The quantitative estimate of drug-likeness (QED) is 0.835. The van der Waals surface area contributed by atoms with Gasteiger partial charge in [0, 0.05) is 12.6 Å². The molecule has 0 bridgehead atoms. The molecule has 1 heterocycles. The lowest BCUT2D eigenvalue weighted by atomic mass is 9.86. The lowest BCUT2D eigenvalue weighted by Crippen LogP contribution is -2.36. The van der Waals surface area contributed by atoms with Gasteiger partial charge in [-0.05, 0) is 69.4 Å². The average Bonchev–Trinajstić information content (AvgIpc) is 2.55. The third kappa shape index (κ3) is 4.24. The highest BCUT2D eigenvalue weighted by Crippen LogP contribution is 2.27. The van der Waals surface area contributed by atoms with E-state index in [4.69, 9.17) is 5.73 Å². The van der Waals surface area contributed by atoms with Crippen molar-refractivity contribution in [2.75, 3.05) is 19.6 Å². The Labute approximate surface area is 113 Å². The minimum Gasteiger partial charge on any atom is -0.328 e. The molecule has 0 radical (unpaired) electrons. The van der Waals surface area contributed by atoms with Crippen LogP contribution in [0.4, 0.5) is 0 Å². The van der Waals surface area contributed by atoms with Gasteiger partial charge in [-0.1, -0.05) is 20.3 Å². The summed E-state index contributed by atoms with van der Waals surface area (Å²) in [5.74, 6) is 2.71. The number of nitrogens with zero attached hydrogens (tertiary/aromatic N) is 1. The zero-order valence-electron chi connectivity index (χ0n) is 12.4. The smallest absolute Gasteiger partial charge is 0.00419 e. The monoisotopic (exact) mass is 252 g/mol. The molecule has 2 fully saturated rings. The first-order valence-electron chi connectivity index (χ1n) is 8.13.